The molecule has 0 fully saturated rings. The van der Waals surface area contributed by atoms with E-state index in [0.29, 0.717) is 0 Å². The minimum absolute atomic E-state index is 0.920. The zero-order valence-electron chi connectivity index (χ0n) is 23.3. The van der Waals surface area contributed by atoms with E-state index in [1.165, 1.54) is 70.6 Å². The number of rotatable bonds is 2. The lowest BCUT2D eigenvalue weighted by atomic mass is 9.88. The molecule has 198 valence electrons. The van der Waals surface area contributed by atoms with Gasteiger partial charge in [0.2, 0.25) is 0 Å². The fraction of sp³-hybridized carbons (Fsp3) is 0. The van der Waals surface area contributed by atoms with Crippen molar-refractivity contribution < 1.29 is 4.42 Å². The summed E-state index contributed by atoms with van der Waals surface area (Å²) in [6.07, 6.45) is 0. The van der Waals surface area contributed by atoms with Gasteiger partial charge in [-0.2, -0.15) is 0 Å². The fourth-order valence-corrected chi connectivity index (χ4v) is 7.27. The molecule has 0 radical (unpaired) electrons. The van der Waals surface area contributed by atoms with E-state index in [4.69, 9.17) is 4.42 Å². The summed E-state index contributed by atoms with van der Waals surface area (Å²) in [6.45, 7) is 0. The number of benzene rings is 9. The topological polar surface area (TPSA) is 13.1 Å². The van der Waals surface area contributed by atoms with Crippen molar-refractivity contribution in [2.45, 2.75) is 0 Å². The molecule has 0 atom stereocenters. The SMILES string of the molecule is c1ccc2cc(-c3cc(-c4ccc5ccc6cccc7ccc4c5c67)c4oc5cc6ccccc6cc5c4c3)ccc2c1. The number of fused-ring (bicyclic) bond motifs is 5. The summed E-state index contributed by atoms with van der Waals surface area (Å²) in [5.41, 5.74) is 6.57. The van der Waals surface area contributed by atoms with Gasteiger partial charge in [-0.3, -0.25) is 0 Å². The van der Waals surface area contributed by atoms with Crippen LogP contribution in [0.15, 0.2) is 150 Å². The molecule has 0 aliphatic heterocycles. The lowest BCUT2D eigenvalue weighted by Crippen LogP contribution is -1.89. The van der Waals surface area contributed by atoms with Crippen LogP contribution in [0.3, 0.4) is 0 Å². The molecule has 0 amide bonds. The van der Waals surface area contributed by atoms with Crippen molar-refractivity contribution in [3.05, 3.63) is 146 Å². The van der Waals surface area contributed by atoms with Gasteiger partial charge in [0, 0.05) is 16.3 Å². The summed E-state index contributed by atoms with van der Waals surface area (Å²) in [7, 11) is 0. The number of hydrogen-bond acceptors (Lipinski definition) is 1. The maximum atomic E-state index is 6.80. The standard InChI is InChI=1S/C42H24O/c1-2-7-29-20-32(15-12-25(29)6-1)33-22-37(42-38(23-33)36-21-30-8-3-4-9-31(30)24-39(36)43-42)34-18-16-28-14-13-26-10-5-11-27-17-19-35(34)41(28)40(26)27/h1-24H. The van der Waals surface area contributed by atoms with Crippen LogP contribution in [-0.2, 0) is 0 Å². The summed E-state index contributed by atoms with van der Waals surface area (Å²) in [4.78, 5) is 0. The van der Waals surface area contributed by atoms with E-state index in [9.17, 15) is 0 Å². The second kappa shape index (κ2) is 8.44. The minimum atomic E-state index is 0.920. The maximum absolute atomic E-state index is 6.80. The average molecular weight is 545 g/mol. The third kappa shape index (κ3) is 3.28. The highest BCUT2D eigenvalue weighted by Crippen LogP contribution is 2.45. The largest absolute Gasteiger partial charge is 0.455 e. The summed E-state index contributed by atoms with van der Waals surface area (Å²) >= 11 is 0. The molecule has 0 aliphatic rings. The molecule has 9 aromatic carbocycles. The van der Waals surface area contributed by atoms with E-state index in [0.717, 1.165) is 27.5 Å². The Bertz CT molecular complexity index is 2710. The Balaban J connectivity index is 1.34. The highest BCUT2D eigenvalue weighted by Gasteiger charge is 2.19. The van der Waals surface area contributed by atoms with Crippen molar-refractivity contribution in [1.29, 1.82) is 0 Å². The smallest absolute Gasteiger partial charge is 0.143 e. The Morgan fingerprint density at radius 2 is 0.953 bits per heavy atom. The van der Waals surface area contributed by atoms with Crippen molar-refractivity contribution in [3.8, 4) is 22.3 Å². The van der Waals surface area contributed by atoms with Gasteiger partial charge in [-0.25, -0.2) is 0 Å². The van der Waals surface area contributed by atoms with Crippen molar-refractivity contribution in [1.82, 2.24) is 0 Å². The lowest BCUT2D eigenvalue weighted by molar-refractivity contribution is 0.670. The third-order valence-electron chi connectivity index (χ3n) is 9.34. The second-order valence-corrected chi connectivity index (χ2v) is 11.7. The molecule has 1 nitrogen and oxygen atoms in total. The van der Waals surface area contributed by atoms with Crippen LogP contribution in [0.1, 0.15) is 0 Å². The zero-order chi connectivity index (χ0) is 28.1. The van der Waals surface area contributed by atoms with E-state index >= 15 is 0 Å². The Hall–Kier alpha value is -5.66. The normalized spacial score (nSPS) is 12.2. The van der Waals surface area contributed by atoms with E-state index in [2.05, 4.69) is 146 Å². The fourth-order valence-electron chi connectivity index (χ4n) is 7.27. The van der Waals surface area contributed by atoms with E-state index in [1.54, 1.807) is 0 Å². The molecule has 0 saturated heterocycles. The molecule has 0 N–H and O–H groups in total. The quantitative estimate of drug-likeness (QED) is 0.197. The lowest BCUT2D eigenvalue weighted by Gasteiger charge is -2.15. The first-order chi connectivity index (χ1) is 21.3. The van der Waals surface area contributed by atoms with Crippen LogP contribution in [0, 0.1) is 0 Å². The number of hydrogen-bond donors (Lipinski definition) is 0. The maximum Gasteiger partial charge on any atom is 0.143 e. The van der Waals surface area contributed by atoms with Gasteiger partial charge in [-0.05, 0) is 101 Å². The van der Waals surface area contributed by atoms with Crippen LogP contribution >= 0.6 is 0 Å². The Kier molecular flexibility index (Phi) is 4.51. The molecule has 43 heavy (non-hydrogen) atoms. The van der Waals surface area contributed by atoms with Crippen LogP contribution in [0.2, 0.25) is 0 Å². The van der Waals surface area contributed by atoms with E-state index in [-0.39, 0.29) is 0 Å². The van der Waals surface area contributed by atoms with E-state index < -0.39 is 0 Å². The third-order valence-corrected chi connectivity index (χ3v) is 9.34. The summed E-state index contributed by atoms with van der Waals surface area (Å²) in [5.74, 6) is 0. The van der Waals surface area contributed by atoms with Crippen molar-refractivity contribution in [3.63, 3.8) is 0 Å². The highest BCUT2D eigenvalue weighted by molar-refractivity contribution is 6.26. The minimum Gasteiger partial charge on any atom is -0.455 e. The average Bonchev–Trinajstić information content (AvgIpc) is 3.42. The summed E-state index contributed by atoms with van der Waals surface area (Å²) in [6, 6.07) is 53.2. The van der Waals surface area contributed by atoms with Gasteiger partial charge in [0.05, 0.1) is 0 Å². The second-order valence-electron chi connectivity index (χ2n) is 11.7. The molecule has 1 heteroatoms. The molecule has 0 spiro atoms. The van der Waals surface area contributed by atoms with Gasteiger partial charge >= 0.3 is 0 Å². The van der Waals surface area contributed by atoms with Crippen LogP contribution in [0.4, 0.5) is 0 Å². The van der Waals surface area contributed by atoms with E-state index in [1.807, 2.05) is 0 Å². The first kappa shape index (κ1) is 23.0. The summed E-state index contributed by atoms with van der Waals surface area (Å²) in [5, 5.41) is 14.9. The molecule has 10 rings (SSSR count). The van der Waals surface area contributed by atoms with Gasteiger partial charge in [-0.1, -0.05) is 115 Å². The van der Waals surface area contributed by atoms with Crippen LogP contribution in [0.5, 0.6) is 0 Å². The molecule has 0 aliphatic carbocycles. The molecule has 10 aromatic rings. The van der Waals surface area contributed by atoms with Crippen molar-refractivity contribution >= 4 is 75.8 Å². The van der Waals surface area contributed by atoms with Gasteiger partial charge in [0.1, 0.15) is 11.2 Å². The first-order valence-electron chi connectivity index (χ1n) is 14.8. The van der Waals surface area contributed by atoms with Gasteiger partial charge in [0.15, 0.2) is 0 Å². The van der Waals surface area contributed by atoms with Crippen LogP contribution in [-0.4, -0.2) is 0 Å². The molecule has 0 bridgehead atoms. The van der Waals surface area contributed by atoms with Gasteiger partial charge < -0.3 is 4.42 Å². The number of furan rings is 1. The molecule has 0 saturated carbocycles. The molecular formula is C42H24O. The first-order valence-corrected chi connectivity index (χ1v) is 14.8. The molecule has 0 unspecified atom stereocenters. The summed E-state index contributed by atoms with van der Waals surface area (Å²) < 4.78 is 6.80. The predicted molar refractivity (Wildman–Crippen MR) is 183 cm³/mol. The van der Waals surface area contributed by atoms with Crippen LogP contribution < -0.4 is 0 Å². The molecular weight excluding hydrogens is 520 g/mol. The van der Waals surface area contributed by atoms with Gasteiger partial charge in [0.25, 0.3) is 0 Å². The predicted octanol–water partition coefficient (Wildman–Crippen LogP) is 12.1. The Morgan fingerprint density at radius 1 is 0.326 bits per heavy atom. The Labute approximate surface area is 247 Å². The Morgan fingerprint density at radius 3 is 1.77 bits per heavy atom. The highest BCUT2D eigenvalue weighted by atomic mass is 16.3. The van der Waals surface area contributed by atoms with Crippen LogP contribution in [0.25, 0.3) is 98.1 Å². The van der Waals surface area contributed by atoms with Gasteiger partial charge in [-0.15, -0.1) is 0 Å². The van der Waals surface area contributed by atoms with Crippen molar-refractivity contribution in [2.75, 3.05) is 0 Å². The molecule has 1 aromatic heterocycles. The zero-order valence-corrected chi connectivity index (χ0v) is 23.3. The van der Waals surface area contributed by atoms with Crippen molar-refractivity contribution in [2.24, 2.45) is 0 Å². The monoisotopic (exact) mass is 544 g/mol. The molecule has 1 heterocycles.